The minimum Gasteiger partial charge on any atom is -0.481 e. The number of hydrogen-bond donors (Lipinski definition) is 2. The van der Waals surface area contributed by atoms with Crippen molar-refractivity contribution in [3.8, 4) is 0 Å². The van der Waals surface area contributed by atoms with E-state index in [9.17, 15) is 4.79 Å². The summed E-state index contributed by atoms with van der Waals surface area (Å²) in [5.74, 6) is -1.11. The standard InChI is InChI=1S/C20H41NO2/c1-3-4-5-6-7-8-9-10-11-12-13-14-15-16-17-19(18(2)21)20(22)23/h18-19H,3-17,21H2,1-2H3,(H,22,23). The number of carbonyl (C=O) groups is 1. The summed E-state index contributed by atoms with van der Waals surface area (Å²) in [6, 6.07) is -0.241. The van der Waals surface area contributed by atoms with Crippen LogP contribution in [0.25, 0.3) is 0 Å². The number of hydrogen-bond acceptors (Lipinski definition) is 2. The van der Waals surface area contributed by atoms with Crippen LogP contribution in [0.2, 0.25) is 0 Å². The fraction of sp³-hybridized carbons (Fsp3) is 0.950. The molecule has 0 aromatic heterocycles. The third kappa shape index (κ3) is 14.7. The van der Waals surface area contributed by atoms with Crippen molar-refractivity contribution < 1.29 is 9.90 Å². The van der Waals surface area contributed by atoms with E-state index >= 15 is 0 Å². The van der Waals surface area contributed by atoms with Gasteiger partial charge in [-0.1, -0.05) is 96.8 Å². The Bertz CT molecular complexity index is 266. The van der Waals surface area contributed by atoms with Gasteiger partial charge in [-0.2, -0.15) is 0 Å². The zero-order valence-electron chi connectivity index (χ0n) is 15.7. The maximum atomic E-state index is 11.0. The summed E-state index contributed by atoms with van der Waals surface area (Å²) < 4.78 is 0. The first-order valence-corrected chi connectivity index (χ1v) is 10.1. The predicted octanol–water partition coefficient (Wildman–Crippen LogP) is 5.91. The molecular weight excluding hydrogens is 286 g/mol. The van der Waals surface area contributed by atoms with Gasteiger partial charge in [-0.25, -0.2) is 0 Å². The van der Waals surface area contributed by atoms with E-state index in [0.29, 0.717) is 0 Å². The number of carboxylic acid groups (broad SMARTS) is 1. The Morgan fingerprint density at radius 3 is 1.43 bits per heavy atom. The first kappa shape index (κ1) is 22.4. The lowest BCUT2D eigenvalue weighted by molar-refractivity contribution is -0.142. The van der Waals surface area contributed by atoms with Crippen molar-refractivity contribution in [3.05, 3.63) is 0 Å². The average Bonchev–Trinajstić information content (AvgIpc) is 2.50. The molecule has 0 fully saturated rings. The van der Waals surface area contributed by atoms with E-state index in [-0.39, 0.29) is 12.0 Å². The van der Waals surface area contributed by atoms with Crippen LogP contribution in [-0.4, -0.2) is 17.1 Å². The first-order valence-electron chi connectivity index (χ1n) is 10.1. The number of carboxylic acids is 1. The molecule has 0 aliphatic rings. The van der Waals surface area contributed by atoms with Crippen LogP contribution >= 0.6 is 0 Å². The predicted molar refractivity (Wildman–Crippen MR) is 99.7 cm³/mol. The lowest BCUT2D eigenvalue weighted by Gasteiger charge is -2.15. The van der Waals surface area contributed by atoms with Crippen molar-refractivity contribution in [3.63, 3.8) is 0 Å². The SMILES string of the molecule is CCCCCCCCCCCCCCCCC(C(=O)O)C(C)N. The smallest absolute Gasteiger partial charge is 0.308 e. The summed E-state index contributed by atoms with van der Waals surface area (Å²) in [5.41, 5.74) is 5.71. The number of aliphatic carboxylic acids is 1. The highest BCUT2D eigenvalue weighted by molar-refractivity contribution is 5.70. The van der Waals surface area contributed by atoms with Gasteiger partial charge in [-0.3, -0.25) is 4.79 Å². The van der Waals surface area contributed by atoms with Crippen molar-refractivity contribution in [2.75, 3.05) is 0 Å². The minimum absolute atomic E-state index is 0.241. The van der Waals surface area contributed by atoms with Crippen LogP contribution < -0.4 is 5.73 Å². The highest BCUT2D eigenvalue weighted by Gasteiger charge is 2.20. The van der Waals surface area contributed by atoms with Crippen molar-refractivity contribution in [1.82, 2.24) is 0 Å². The second kappa shape index (κ2) is 16.3. The highest BCUT2D eigenvalue weighted by Crippen LogP contribution is 2.16. The van der Waals surface area contributed by atoms with Gasteiger partial charge >= 0.3 is 5.97 Å². The van der Waals surface area contributed by atoms with Crippen LogP contribution in [0.4, 0.5) is 0 Å². The zero-order valence-corrected chi connectivity index (χ0v) is 15.7. The van der Waals surface area contributed by atoms with E-state index in [1.165, 1.54) is 77.0 Å². The molecule has 2 atom stereocenters. The van der Waals surface area contributed by atoms with E-state index in [2.05, 4.69) is 6.92 Å². The molecule has 2 unspecified atom stereocenters. The molecule has 138 valence electrons. The largest absolute Gasteiger partial charge is 0.481 e. The summed E-state index contributed by atoms with van der Waals surface area (Å²) in [4.78, 5) is 11.0. The molecule has 0 spiro atoms. The molecule has 0 amide bonds. The van der Waals surface area contributed by atoms with E-state index in [1.807, 2.05) is 0 Å². The molecule has 0 rings (SSSR count). The second-order valence-corrected chi connectivity index (χ2v) is 7.19. The van der Waals surface area contributed by atoms with Gasteiger partial charge in [0.25, 0.3) is 0 Å². The number of nitrogens with two attached hydrogens (primary N) is 1. The van der Waals surface area contributed by atoms with Gasteiger partial charge in [0.2, 0.25) is 0 Å². The topological polar surface area (TPSA) is 63.3 Å². The fourth-order valence-electron chi connectivity index (χ4n) is 3.17. The molecule has 3 nitrogen and oxygen atoms in total. The Morgan fingerprint density at radius 2 is 1.13 bits per heavy atom. The summed E-state index contributed by atoms with van der Waals surface area (Å²) >= 11 is 0. The van der Waals surface area contributed by atoms with Crippen LogP contribution in [0, 0.1) is 5.92 Å². The van der Waals surface area contributed by atoms with Gasteiger partial charge in [-0.15, -0.1) is 0 Å². The molecule has 0 radical (unpaired) electrons. The summed E-state index contributed by atoms with van der Waals surface area (Å²) in [5, 5.41) is 9.07. The van der Waals surface area contributed by atoms with Crippen molar-refractivity contribution in [2.24, 2.45) is 11.7 Å². The number of rotatable bonds is 17. The van der Waals surface area contributed by atoms with Crippen molar-refractivity contribution in [1.29, 1.82) is 0 Å². The Kier molecular flexibility index (Phi) is 15.9. The quantitative estimate of drug-likeness (QED) is 0.327. The van der Waals surface area contributed by atoms with Gasteiger partial charge in [0.05, 0.1) is 5.92 Å². The monoisotopic (exact) mass is 327 g/mol. The molecule has 0 bridgehead atoms. The Balaban J connectivity index is 3.23. The van der Waals surface area contributed by atoms with Gasteiger partial charge in [-0.05, 0) is 13.3 Å². The molecule has 0 aliphatic heterocycles. The second-order valence-electron chi connectivity index (χ2n) is 7.19. The Hall–Kier alpha value is -0.570. The Morgan fingerprint density at radius 1 is 0.783 bits per heavy atom. The van der Waals surface area contributed by atoms with Gasteiger partial charge in [0.15, 0.2) is 0 Å². The van der Waals surface area contributed by atoms with Crippen LogP contribution in [-0.2, 0) is 4.79 Å². The summed E-state index contributed by atoms with van der Waals surface area (Å²) in [7, 11) is 0. The molecule has 0 aromatic carbocycles. The highest BCUT2D eigenvalue weighted by atomic mass is 16.4. The lowest BCUT2D eigenvalue weighted by Crippen LogP contribution is -2.32. The third-order valence-corrected chi connectivity index (χ3v) is 4.82. The molecule has 0 saturated carbocycles. The Labute approximate surface area is 144 Å². The van der Waals surface area contributed by atoms with Crippen molar-refractivity contribution >= 4 is 5.97 Å². The van der Waals surface area contributed by atoms with Gasteiger partial charge in [0, 0.05) is 6.04 Å². The molecule has 0 aromatic rings. The van der Waals surface area contributed by atoms with Gasteiger partial charge in [0.1, 0.15) is 0 Å². The molecule has 23 heavy (non-hydrogen) atoms. The summed E-state index contributed by atoms with van der Waals surface area (Å²) in [6.07, 6.45) is 19.3. The third-order valence-electron chi connectivity index (χ3n) is 4.82. The zero-order chi connectivity index (χ0) is 17.3. The lowest BCUT2D eigenvalue weighted by atomic mass is 9.94. The van der Waals surface area contributed by atoms with E-state index in [0.717, 1.165) is 19.3 Å². The van der Waals surface area contributed by atoms with E-state index in [1.54, 1.807) is 6.92 Å². The molecular formula is C20H41NO2. The van der Waals surface area contributed by atoms with Gasteiger partial charge < -0.3 is 10.8 Å². The first-order chi connectivity index (χ1) is 11.1. The normalized spacial score (nSPS) is 13.9. The van der Waals surface area contributed by atoms with Crippen LogP contribution in [0.3, 0.4) is 0 Å². The van der Waals surface area contributed by atoms with Crippen LogP contribution in [0.15, 0.2) is 0 Å². The molecule has 3 heteroatoms. The summed E-state index contributed by atoms with van der Waals surface area (Å²) in [6.45, 7) is 4.06. The number of unbranched alkanes of at least 4 members (excludes halogenated alkanes) is 13. The maximum Gasteiger partial charge on any atom is 0.308 e. The van der Waals surface area contributed by atoms with Crippen LogP contribution in [0.1, 0.15) is 110 Å². The molecule has 0 heterocycles. The maximum absolute atomic E-state index is 11.0. The minimum atomic E-state index is -0.741. The fourth-order valence-corrected chi connectivity index (χ4v) is 3.17. The van der Waals surface area contributed by atoms with E-state index < -0.39 is 5.97 Å². The molecule has 0 saturated heterocycles. The van der Waals surface area contributed by atoms with Crippen molar-refractivity contribution in [2.45, 2.75) is 116 Å². The van der Waals surface area contributed by atoms with E-state index in [4.69, 9.17) is 10.8 Å². The van der Waals surface area contributed by atoms with Crippen LogP contribution in [0.5, 0.6) is 0 Å². The molecule has 3 N–H and O–H groups in total. The average molecular weight is 328 g/mol. The molecule has 0 aliphatic carbocycles.